The van der Waals surface area contributed by atoms with E-state index in [9.17, 15) is 14.0 Å². The van der Waals surface area contributed by atoms with Crippen LogP contribution in [0.15, 0.2) is 85.2 Å². The molecule has 2 aromatic carbocycles. The van der Waals surface area contributed by atoms with Crippen molar-refractivity contribution in [2.24, 2.45) is 0 Å². The topological polar surface area (TPSA) is 66.4 Å². The molecule has 48 heavy (non-hydrogen) atoms. The van der Waals surface area contributed by atoms with Gasteiger partial charge >= 0.3 is 0 Å². The summed E-state index contributed by atoms with van der Waals surface area (Å²) in [6, 6.07) is 21.1. The molecule has 4 heterocycles. The van der Waals surface area contributed by atoms with Crippen LogP contribution >= 0.6 is 11.6 Å². The second-order valence-electron chi connectivity index (χ2n) is 13.4. The van der Waals surface area contributed by atoms with Crippen molar-refractivity contribution in [1.29, 1.82) is 0 Å². The fourth-order valence-electron chi connectivity index (χ4n) is 5.77. The van der Waals surface area contributed by atoms with Crippen molar-refractivity contribution < 1.29 is 14.0 Å². The molecule has 244 valence electrons. The molecule has 6 nitrogen and oxygen atoms in total. The van der Waals surface area contributed by atoms with Crippen LogP contribution in [-0.2, 0) is 9.59 Å². The molecule has 2 aromatic heterocycles. The van der Waals surface area contributed by atoms with Crippen LogP contribution in [0.4, 0.5) is 4.39 Å². The lowest BCUT2D eigenvalue weighted by Gasteiger charge is -2.26. The first-order valence-corrected chi connectivity index (χ1v) is 16.1. The zero-order valence-electron chi connectivity index (χ0n) is 28.0. The molecule has 2 atom stereocenters. The number of carbonyl (C=O) groups is 2. The van der Waals surface area contributed by atoms with Crippen LogP contribution < -0.4 is 0 Å². The number of hydrogen-bond acceptors (Lipinski definition) is 4. The van der Waals surface area contributed by atoms with Gasteiger partial charge in [0.15, 0.2) is 0 Å². The Morgan fingerprint density at radius 1 is 0.667 bits per heavy atom. The minimum Gasteiger partial charge on any atom is -0.340 e. The number of amides is 2. The molecule has 0 bridgehead atoms. The first-order chi connectivity index (χ1) is 22.7. The third-order valence-corrected chi connectivity index (χ3v) is 9.35. The third kappa shape index (κ3) is 7.93. The first-order valence-electron chi connectivity index (χ1n) is 15.8. The maximum absolute atomic E-state index is 13.1. The summed E-state index contributed by atoms with van der Waals surface area (Å²) in [5.74, 6) is 11.6. The lowest BCUT2D eigenvalue weighted by atomic mass is 9.93. The van der Waals surface area contributed by atoms with Gasteiger partial charge in [-0.15, -0.1) is 0 Å². The molecule has 6 rings (SSSR count). The number of aromatic nitrogens is 2. The number of hydrogen-bond donors (Lipinski definition) is 0. The van der Waals surface area contributed by atoms with Gasteiger partial charge in [0.1, 0.15) is 5.82 Å². The Morgan fingerprint density at radius 2 is 1.10 bits per heavy atom. The van der Waals surface area contributed by atoms with Crippen LogP contribution in [0.1, 0.15) is 86.0 Å². The minimum atomic E-state index is -0.304. The Labute approximate surface area is 287 Å². The third-order valence-electron chi connectivity index (χ3n) is 9.12. The van der Waals surface area contributed by atoms with E-state index in [1.807, 2.05) is 67.5 Å². The van der Waals surface area contributed by atoms with Crippen molar-refractivity contribution in [3.63, 3.8) is 0 Å². The maximum Gasteiger partial charge on any atom is 0.231 e. The summed E-state index contributed by atoms with van der Waals surface area (Å²) in [7, 11) is 3.69. The van der Waals surface area contributed by atoms with E-state index < -0.39 is 0 Å². The molecule has 0 aliphatic carbocycles. The van der Waals surface area contributed by atoms with Crippen molar-refractivity contribution in [3.05, 3.63) is 130 Å². The fraction of sp³-hybridized carbons (Fsp3) is 0.300. The molecule has 2 saturated heterocycles. The van der Waals surface area contributed by atoms with Gasteiger partial charge in [0.25, 0.3) is 0 Å². The summed E-state index contributed by atoms with van der Waals surface area (Å²) < 4.78 is 13.1. The predicted molar refractivity (Wildman–Crippen MR) is 187 cm³/mol. The summed E-state index contributed by atoms with van der Waals surface area (Å²) in [4.78, 5) is 37.2. The molecular formula is C40H38ClFN4O2. The fourth-order valence-corrected chi connectivity index (χ4v) is 5.96. The van der Waals surface area contributed by atoms with E-state index in [0.717, 1.165) is 40.9 Å². The Morgan fingerprint density at radius 3 is 1.48 bits per heavy atom. The Bertz CT molecular complexity index is 1810. The molecule has 0 saturated carbocycles. The summed E-state index contributed by atoms with van der Waals surface area (Å²) in [6.45, 7) is 8.28. The van der Waals surface area contributed by atoms with Gasteiger partial charge in [-0.2, -0.15) is 0 Å². The Hall–Kier alpha value is -4.98. The van der Waals surface area contributed by atoms with Crippen LogP contribution in [0.5, 0.6) is 0 Å². The average molecular weight is 661 g/mol. The van der Waals surface area contributed by atoms with Crippen molar-refractivity contribution in [1.82, 2.24) is 19.8 Å². The average Bonchev–Trinajstić information content (AvgIpc) is 3.41. The number of halogens is 2. The maximum atomic E-state index is 13.1. The van der Waals surface area contributed by atoms with E-state index in [0.29, 0.717) is 10.6 Å². The van der Waals surface area contributed by atoms with Gasteiger partial charge in [0.2, 0.25) is 11.8 Å². The van der Waals surface area contributed by atoms with Crippen LogP contribution in [-0.4, -0.2) is 56.8 Å². The summed E-state index contributed by atoms with van der Waals surface area (Å²) in [6.07, 6.45) is 4.93. The van der Waals surface area contributed by atoms with Gasteiger partial charge in [-0.05, 0) is 101 Å². The van der Waals surface area contributed by atoms with Crippen molar-refractivity contribution in [2.45, 2.75) is 63.5 Å². The minimum absolute atomic E-state index is 0.103. The largest absolute Gasteiger partial charge is 0.340 e. The number of likely N-dealkylation sites (N-methyl/N-ethyl adjacent to an activating group) is 2. The van der Waals surface area contributed by atoms with E-state index in [2.05, 4.69) is 61.3 Å². The van der Waals surface area contributed by atoms with E-state index >= 15 is 0 Å². The Balaban J connectivity index is 0.000000188. The van der Waals surface area contributed by atoms with Crippen LogP contribution in [0, 0.1) is 29.5 Å². The Kier molecular flexibility index (Phi) is 10.0. The van der Waals surface area contributed by atoms with E-state index in [1.54, 1.807) is 29.4 Å². The van der Waals surface area contributed by atoms with E-state index in [1.165, 1.54) is 12.1 Å². The highest BCUT2D eigenvalue weighted by Crippen LogP contribution is 2.38. The zero-order valence-corrected chi connectivity index (χ0v) is 28.8. The first kappa shape index (κ1) is 34.4. The lowest BCUT2D eigenvalue weighted by molar-refractivity contribution is -0.131. The molecule has 2 aliphatic heterocycles. The van der Waals surface area contributed by atoms with E-state index in [4.69, 9.17) is 11.6 Å². The zero-order chi connectivity index (χ0) is 34.6. The second-order valence-corrected chi connectivity index (χ2v) is 13.8. The number of nitrogens with zero attached hydrogens (tertiary/aromatic N) is 4. The molecule has 4 aromatic rings. The molecule has 2 unspecified atom stereocenters. The van der Waals surface area contributed by atoms with Gasteiger partial charge in [-0.3, -0.25) is 19.6 Å². The predicted octanol–water partition coefficient (Wildman–Crippen LogP) is 7.20. The van der Waals surface area contributed by atoms with Crippen LogP contribution in [0.3, 0.4) is 0 Å². The molecule has 2 fully saturated rings. The van der Waals surface area contributed by atoms with Gasteiger partial charge < -0.3 is 9.80 Å². The number of carbonyl (C=O) groups excluding carboxylic acids is 2. The van der Waals surface area contributed by atoms with Gasteiger partial charge in [0.05, 0.1) is 23.2 Å². The highest BCUT2D eigenvalue weighted by Gasteiger charge is 2.44. The van der Waals surface area contributed by atoms with Crippen molar-refractivity contribution in [2.75, 3.05) is 14.1 Å². The monoisotopic (exact) mass is 660 g/mol. The normalized spacial score (nSPS) is 19.1. The number of pyridine rings is 2. The second kappa shape index (κ2) is 14.0. The van der Waals surface area contributed by atoms with Crippen LogP contribution in [0.2, 0.25) is 5.02 Å². The van der Waals surface area contributed by atoms with E-state index in [-0.39, 0.29) is 40.5 Å². The molecule has 2 amide bonds. The van der Waals surface area contributed by atoms with Crippen LogP contribution in [0.25, 0.3) is 0 Å². The van der Waals surface area contributed by atoms with Crippen molar-refractivity contribution >= 4 is 23.4 Å². The number of likely N-dealkylation sites (tertiary alicyclic amines) is 2. The molecule has 0 spiro atoms. The molecule has 0 N–H and O–H groups in total. The highest BCUT2D eigenvalue weighted by atomic mass is 35.5. The summed E-state index contributed by atoms with van der Waals surface area (Å²) in [5.41, 5.74) is 4.33. The van der Waals surface area contributed by atoms with Gasteiger partial charge in [-0.1, -0.05) is 47.4 Å². The van der Waals surface area contributed by atoms with Crippen molar-refractivity contribution in [3.8, 4) is 23.7 Å². The standard InChI is InChI=1S/C20H19ClN2O.C20H19FN2O/c2*1-20(2)12-17(19(24)23(20)3)18-10-9-15(13-22-18)8-7-14-5-4-6-16(21)11-14/h2*4-6,9-11,13,17H,12H2,1-3H3. The van der Waals surface area contributed by atoms with Gasteiger partial charge in [-0.25, -0.2) is 4.39 Å². The number of benzene rings is 2. The van der Waals surface area contributed by atoms with Gasteiger partial charge in [0, 0.05) is 64.8 Å². The summed E-state index contributed by atoms with van der Waals surface area (Å²) >= 11 is 5.95. The SMILES string of the molecule is CN1C(=O)C(c2ccc(C#Cc3cccc(Cl)c3)cn2)CC1(C)C.CN1C(=O)C(c2ccc(C#Cc3cccc(F)c3)cn2)CC1(C)C. The number of rotatable bonds is 2. The molecule has 2 aliphatic rings. The highest BCUT2D eigenvalue weighted by molar-refractivity contribution is 6.30. The smallest absolute Gasteiger partial charge is 0.231 e. The quantitative estimate of drug-likeness (QED) is 0.213. The molecule has 0 radical (unpaired) electrons. The molecule has 8 heteroatoms. The molecular weight excluding hydrogens is 623 g/mol. The summed E-state index contributed by atoms with van der Waals surface area (Å²) in [5, 5.41) is 0.668. The lowest BCUT2D eigenvalue weighted by Crippen LogP contribution is -2.37.